The lowest BCUT2D eigenvalue weighted by Crippen LogP contribution is -2.36. The van der Waals surface area contributed by atoms with E-state index in [0.717, 1.165) is 43.1 Å². The van der Waals surface area contributed by atoms with Crippen LogP contribution in [0.1, 0.15) is 43.5 Å². The first-order valence-electron chi connectivity index (χ1n) is 6.79. The molecule has 0 amide bonds. The second-order valence-corrected chi connectivity index (χ2v) is 5.01. The Morgan fingerprint density at radius 3 is 2.89 bits per heavy atom. The third-order valence-corrected chi connectivity index (χ3v) is 3.84. The SMILES string of the molecule is CCC1(c2nc(Cc3ccncc3)no2)CCCN1. The van der Waals surface area contributed by atoms with Gasteiger partial charge in [0.15, 0.2) is 5.82 Å². The molecule has 1 aliphatic rings. The lowest BCUT2D eigenvalue weighted by Gasteiger charge is -2.22. The predicted molar refractivity (Wildman–Crippen MR) is 70.5 cm³/mol. The summed E-state index contributed by atoms with van der Waals surface area (Å²) < 4.78 is 5.48. The molecule has 1 aliphatic heterocycles. The smallest absolute Gasteiger partial charge is 0.246 e. The van der Waals surface area contributed by atoms with Gasteiger partial charge in [-0.15, -0.1) is 0 Å². The highest BCUT2D eigenvalue weighted by atomic mass is 16.5. The van der Waals surface area contributed by atoms with Crippen LogP contribution >= 0.6 is 0 Å². The minimum absolute atomic E-state index is 0.108. The Balaban J connectivity index is 1.79. The molecule has 3 heterocycles. The van der Waals surface area contributed by atoms with Crippen molar-refractivity contribution >= 4 is 0 Å². The summed E-state index contributed by atoms with van der Waals surface area (Å²) >= 11 is 0. The highest BCUT2D eigenvalue weighted by Crippen LogP contribution is 2.32. The average molecular weight is 258 g/mol. The van der Waals surface area contributed by atoms with Crippen molar-refractivity contribution in [1.29, 1.82) is 0 Å². The van der Waals surface area contributed by atoms with Crippen molar-refractivity contribution in [3.05, 3.63) is 41.8 Å². The van der Waals surface area contributed by atoms with Gasteiger partial charge in [0.05, 0.1) is 5.54 Å². The van der Waals surface area contributed by atoms with Crippen LogP contribution in [0.25, 0.3) is 0 Å². The number of rotatable bonds is 4. The van der Waals surface area contributed by atoms with Crippen molar-refractivity contribution in [1.82, 2.24) is 20.4 Å². The average Bonchev–Trinajstić information content (AvgIpc) is 3.09. The first-order valence-corrected chi connectivity index (χ1v) is 6.79. The van der Waals surface area contributed by atoms with Crippen LogP contribution in [-0.2, 0) is 12.0 Å². The quantitative estimate of drug-likeness (QED) is 0.909. The predicted octanol–water partition coefficient (Wildman–Crippen LogP) is 2.04. The molecular formula is C14H18N4O. The van der Waals surface area contributed by atoms with Gasteiger partial charge < -0.3 is 9.84 Å². The van der Waals surface area contributed by atoms with Crippen LogP contribution in [0.15, 0.2) is 29.0 Å². The maximum absolute atomic E-state index is 5.48. The van der Waals surface area contributed by atoms with Crippen LogP contribution in [-0.4, -0.2) is 21.7 Å². The number of nitrogens with one attached hydrogen (secondary N) is 1. The van der Waals surface area contributed by atoms with E-state index in [1.165, 1.54) is 0 Å². The Labute approximate surface area is 112 Å². The fourth-order valence-electron chi connectivity index (χ4n) is 2.65. The minimum atomic E-state index is -0.108. The summed E-state index contributed by atoms with van der Waals surface area (Å²) in [5, 5.41) is 7.61. The van der Waals surface area contributed by atoms with Gasteiger partial charge in [-0.3, -0.25) is 4.98 Å². The van der Waals surface area contributed by atoms with Crippen LogP contribution in [0.2, 0.25) is 0 Å². The Morgan fingerprint density at radius 1 is 1.37 bits per heavy atom. The van der Waals surface area contributed by atoms with E-state index in [-0.39, 0.29) is 5.54 Å². The maximum Gasteiger partial charge on any atom is 0.246 e. The molecule has 1 atom stereocenters. The Bertz CT molecular complexity index is 531. The Morgan fingerprint density at radius 2 is 2.21 bits per heavy atom. The van der Waals surface area contributed by atoms with E-state index in [4.69, 9.17) is 4.52 Å². The lowest BCUT2D eigenvalue weighted by atomic mass is 9.94. The summed E-state index contributed by atoms with van der Waals surface area (Å²) in [6.07, 6.45) is 7.46. The van der Waals surface area contributed by atoms with Gasteiger partial charge in [-0.1, -0.05) is 12.1 Å². The fourth-order valence-corrected chi connectivity index (χ4v) is 2.65. The third-order valence-electron chi connectivity index (χ3n) is 3.84. The molecule has 0 bridgehead atoms. The van der Waals surface area contributed by atoms with Gasteiger partial charge in [0.25, 0.3) is 0 Å². The van der Waals surface area contributed by atoms with Gasteiger partial charge in [0.1, 0.15) is 0 Å². The van der Waals surface area contributed by atoms with E-state index in [1.54, 1.807) is 12.4 Å². The molecule has 0 saturated carbocycles. The zero-order chi connectivity index (χ0) is 13.1. The standard InChI is InChI=1S/C14H18N4O/c1-2-14(6-3-7-16-14)13-17-12(18-19-13)10-11-4-8-15-9-5-11/h4-5,8-9,16H,2-3,6-7,10H2,1H3. The second kappa shape index (κ2) is 5.09. The lowest BCUT2D eigenvalue weighted by molar-refractivity contribution is 0.249. The second-order valence-electron chi connectivity index (χ2n) is 5.01. The van der Waals surface area contributed by atoms with E-state index < -0.39 is 0 Å². The van der Waals surface area contributed by atoms with Gasteiger partial charge in [-0.25, -0.2) is 0 Å². The molecule has 19 heavy (non-hydrogen) atoms. The number of hydrogen-bond donors (Lipinski definition) is 1. The highest BCUT2D eigenvalue weighted by Gasteiger charge is 2.38. The van der Waals surface area contributed by atoms with Crippen molar-refractivity contribution in [3.8, 4) is 0 Å². The molecule has 1 fully saturated rings. The first kappa shape index (κ1) is 12.3. The number of pyridine rings is 1. The van der Waals surface area contributed by atoms with Crippen LogP contribution < -0.4 is 5.32 Å². The van der Waals surface area contributed by atoms with E-state index in [0.29, 0.717) is 6.42 Å². The minimum Gasteiger partial charge on any atom is -0.337 e. The first-order chi connectivity index (χ1) is 9.32. The van der Waals surface area contributed by atoms with E-state index in [2.05, 4.69) is 27.4 Å². The summed E-state index contributed by atoms with van der Waals surface area (Å²) in [6, 6.07) is 3.94. The summed E-state index contributed by atoms with van der Waals surface area (Å²) in [4.78, 5) is 8.58. The van der Waals surface area contributed by atoms with Crippen molar-refractivity contribution in [2.45, 2.75) is 38.1 Å². The Kier molecular flexibility index (Phi) is 3.29. The summed E-state index contributed by atoms with van der Waals surface area (Å²) in [5.41, 5.74) is 1.04. The van der Waals surface area contributed by atoms with Crippen molar-refractivity contribution in [2.24, 2.45) is 0 Å². The topological polar surface area (TPSA) is 63.8 Å². The Hall–Kier alpha value is -1.75. The zero-order valence-corrected chi connectivity index (χ0v) is 11.1. The molecule has 1 unspecified atom stereocenters. The van der Waals surface area contributed by atoms with Gasteiger partial charge in [0, 0.05) is 18.8 Å². The molecule has 2 aromatic rings. The van der Waals surface area contributed by atoms with Crippen LogP contribution in [0.5, 0.6) is 0 Å². The summed E-state index contributed by atoms with van der Waals surface area (Å²) in [7, 11) is 0. The molecule has 0 spiro atoms. The van der Waals surface area contributed by atoms with Crippen LogP contribution in [0.3, 0.4) is 0 Å². The summed E-state index contributed by atoms with van der Waals surface area (Å²) in [6.45, 7) is 3.18. The number of aromatic nitrogens is 3. The molecule has 3 rings (SSSR count). The van der Waals surface area contributed by atoms with E-state index in [9.17, 15) is 0 Å². The van der Waals surface area contributed by atoms with Gasteiger partial charge >= 0.3 is 0 Å². The fraction of sp³-hybridized carbons (Fsp3) is 0.500. The third kappa shape index (κ3) is 2.38. The molecule has 100 valence electrons. The van der Waals surface area contributed by atoms with E-state index >= 15 is 0 Å². The normalized spacial score (nSPS) is 22.8. The molecule has 1 N–H and O–H groups in total. The van der Waals surface area contributed by atoms with Gasteiger partial charge in [0.2, 0.25) is 5.89 Å². The van der Waals surface area contributed by atoms with E-state index in [1.807, 2.05) is 12.1 Å². The molecule has 1 saturated heterocycles. The maximum atomic E-state index is 5.48. The molecular weight excluding hydrogens is 240 g/mol. The molecule has 0 radical (unpaired) electrons. The van der Waals surface area contributed by atoms with Crippen molar-refractivity contribution < 1.29 is 4.52 Å². The van der Waals surface area contributed by atoms with Crippen molar-refractivity contribution in [2.75, 3.05) is 6.54 Å². The monoisotopic (exact) mass is 258 g/mol. The number of nitrogens with zero attached hydrogens (tertiary/aromatic N) is 3. The van der Waals surface area contributed by atoms with Gasteiger partial charge in [-0.2, -0.15) is 4.98 Å². The molecule has 2 aromatic heterocycles. The molecule has 5 nitrogen and oxygen atoms in total. The highest BCUT2D eigenvalue weighted by molar-refractivity contribution is 5.16. The molecule has 0 aliphatic carbocycles. The number of hydrogen-bond acceptors (Lipinski definition) is 5. The van der Waals surface area contributed by atoms with Gasteiger partial charge in [-0.05, 0) is 43.5 Å². The van der Waals surface area contributed by atoms with Crippen LogP contribution in [0.4, 0.5) is 0 Å². The largest absolute Gasteiger partial charge is 0.337 e. The molecule has 0 aromatic carbocycles. The molecule has 5 heteroatoms. The summed E-state index contributed by atoms with van der Waals surface area (Å²) in [5.74, 6) is 1.47. The zero-order valence-electron chi connectivity index (χ0n) is 11.1. The van der Waals surface area contributed by atoms with Crippen LogP contribution in [0, 0.1) is 0 Å². The van der Waals surface area contributed by atoms with Crippen molar-refractivity contribution in [3.63, 3.8) is 0 Å².